The lowest BCUT2D eigenvalue weighted by Gasteiger charge is -2.36. The number of aryl methyl sites for hydroxylation is 1. The average molecular weight is 412 g/mol. The van der Waals surface area contributed by atoms with E-state index in [-0.39, 0.29) is 31.2 Å². The number of hydrogen-bond acceptors (Lipinski definition) is 4. The zero-order chi connectivity index (χ0) is 21.4. The second-order valence-electron chi connectivity index (χ2n) is 7.65. The number of halogens is 3. The molecule has 1 saturated heterocycles. The number of pyridine rings is 1. The van der Waals surface area contributed by atoms with E-state index < -0.39 is 23.4 Å². The molecule has 1 aliphatic rings. The molecule has 158 valence electrons. The fourth-order valence-electron chi connectivity index (χ4n) is 3.50. The minimum Gasteiger partial charge on any atom is -0.378 e. The fraction of sp³-hybridized carbons (Fsp3) is 0.526. The predicted octanol–water partition coefficient (Wildman–Crippen LogP) is 1.99. The van der Waals surface area contributed by atoms with Crippen LogP contribution in [0.4, 0.5) is 13.2 Å². The van der Waals surface area contributed by atoms with Crippen LogP contribution in [-0.4, -0.2) is 49.0 Å². The monoisotopic (exact) mass is 412 g/mol. The molecule has 1 N–H and O–H groups in total. The molecule has 7 nitrogen and oxygen atoms in total. The van der Waals surface area contributed by atoms with Gasteiger partial charge in [-0.1, -0.05) is 0 Å². The van der Waals surface area contributed by atoms with E-state index in [1.807, 2.05) is 0 Å². The van der Waals surface area contributed by atoms with Crippen LogP contribution in [-0.2, 0) is 17.5 Å². The fourth-order valence-corrected chi connectivity index (χ4v) is 3.50. The third kappa shape index (κ3) is 4.69. The van der Waals surface area contributed by atoms with Gasteiger partial charge in [-0.25, -0.2) is 0 Å². The summed E-state index contributed by atoms with van der Waals surface area (Å²) in [7, 11) is 0. The van der Waals surface area contributed by atoms with E-state index in [4.69, 9.17) is 0 Å². The van der Waals surface area contributed by atoms with Gasteiger partial charge in [0.2, 0.25) is 0 Å². The summed E-state index contributed by atoms with van der Waals surface area (Å²) in [5.41, 5.74) is -2.24. The molecule has 3 heterocycles. The Hall–Kier alpha value is -2.62. The number of likely N-dealkylation sites (tertiary alicyclic amines) is 1. The van der Waals surface area contributed by atoms with Gasteiger partial charge in [-0.15, -0.1) is 0 Å². The summed E-state index contributed by atoms with van der Waals surface area (Å²) in [6, 6.07) is 3.82. The lowest BCUT2D eigenvalue weighted by atomic mass is 10.00. The number of rotatable bonds is 4. The lowest BCUT2D eigenvalue weighted by molar-refractivity contribution is -0.152. The van der Waals surface area contributed by atoms with Gasteiger partial charge in [0.05, 0.1) is 12.6 Å². The van der Waals surface area contributed by atoms with Crippen LogP contribution in [0.15, 0.2) is 35.4 Å². The number of amides is 1. The third-order valence-electron chi connectivity index (χ3n) is 5.12. The highest BCUT2D eigenvalue weighted by Gasteiger charge is 2.38. The molecule has 0 aliphatic carbocycles. The van der Waals surface area contributed by atoms with Crippen LogP contribution in [0, 0.1) is 6.92 Å². The summed E-state index contributed by atoms with van der Waals surface area (Å²) in [5.74, 6) is -0.514. The first kappa shape index (κ1) is 21.1. The molecule has 0 spiro atoms. The Morgan fingerprint density at radius 3 is 2.45 bits per heavy atom. The number of alkyl halides is 3. The molecule has 3 rings (SSSR count). The highest BCUT2D eigenvalue weighted by atomic mass is 19.4. The number of carbonyl (C=O) groups excluding carboxylic acids is 1. The van der Waals surface area contributed by atoms with Crippen LogP contribution < -0.4 is 5.56 Å². The van der Waals surface area contributed by atoms with E-state index in [0.29, 0.717) is 12.8 Å². The van der Waals surface area contributed by atoms with E-state index in [1.165, 1.54) is 39.5 Å². The highest BCUT2D eigenvalue weighted by Crippen LogP contribution is 2.30. The van der Waals surface area contributed by atoms with Crippen molar-refractivity contribution in [2.24, 2.45) is 0 Å². The van der Waals surface area contributed by atoms with Crippen molar-refractivity contribution in [1.82, 2.24) is 19.2 Å². The quantitative estimate of drug-likeness (QED) is 0.833. The normalized spacial score (nSPS) is 17.9. The number of piperidine rings is 1. The number of aromatic nitrogens is 3. The molecule has 1 unspecified atom stereocenters. The third-order valence-corrected chi connectivity index (χ3v) is 5.12. The van der Waals surface area contributed by atoms with Crippen LogP contribution in [0.25, 0.3) is 0 Å². The molecule has 0 bridgehead atoms. The molecule has 1 aliphatic heterocycles. The maximum absolute atomic E-state index is 12.8. The molecule has 0 radical (unpaired) electrons. The van der Waals surface area contributed by atoms with Crippen LogP contribution in [0.2, 0.25) is 0 Å². The summed E-state index contributed by atoms with van der Waals surface area (Å²) < 4.78 is 40.7. The first-order valence-electron chi connectivity index (χ1n) is 9.28. The van der Waals surface area contributed by atoms with E-state index >= 15 is 0 Å². The molecule has 0 saturated carbocycles. The summed E-state index contributed by atoms with van der Waals surface area (Å²) in [6.45, 7) is 3.51. The summed E-state index contributed by atoms with van der Waals surface area (Å²) in [4.78, 5) is 26.3. The van der Waals surface area contributed by atoms with Gasteiger partial charge in [-0.05, 0) is 44.4 Å². The van der Waals surface area contributed by atoms with E-state index in [1.54, 1.807) is 13.0 Å². The SMILES string of the molecule is Cc1ccn(CC(C)(O)C(=O)N2CCC(n3ccc(C(F)(F)F)n3)CC2)c(=O)c1. The van der Waals surface area contributed by atoms with Crippen LogP contribution in [0.5, 0.6) is 0 Å². The Balaban J connectivity index is 1.63. The minimum atomic E-state index is -4.49. The van der Waals surface area contributed by atoms with Gasteiger partial charge in [-0.2, -0.15) is 18.3 Å². The number of carbonyl (C=O) groups is 1. The Morgan fingerprint density at radius 1 is 1.24 bits per heavy atom. The van der Waals surface area contributed by atoms with Gasteiger partial charge in [0, 0.05) is 31.5 Å². The Bertz CT molecular complexity index is 941. The van der Waals surface area contributed by atoms with Crippen molar-refractivity contribution in [3.8, 4) is 0 Å². The van der Waals surface area contributed by atoms with E-state index in [2.05, 4.69) is 5.10 Å². The summed E-state index contributed by atoms with van der Waals surface area (Å²) >= 11 is 0. The second kappa shape index (κ2) is 7.66. The van der Waals surface area contributed by atoms with Crippen molar-refractivity contribution in [3.63, 3.8) is 0 Å². The van der Waals surface area contributed by atoms with Crippen LogP contribution in [0.3, 0.4) is 0 Å². The standard InChI is InChI=1S/C19H23F3N4O3/c1-13-3-7-25(16(27)11-13)12-18(2,29)17(28)24-8-4-14(5-9-24)26-10-6-15(23-26)19(20,21)22/h3,6-7,10-11,14,29H,4-5,8-9,12H2,1-2H3. The van der Waals surface area contributed by atoms with Gasteiger partial charge in [0.1, 0.15) is 0 Å². The van der Waals surface area contributed by atoms with Crippen LogP contribution >= 0.6 is 0 Å². The molecular formula is C19H23F3N4O3. The van der Waals surface area contributed by atoms with Crippen molar-refractivity contribution in [3.05, 3.63) is 52.2 Å². The summed E-state index contributed by atoms with van der Waals surface area (Å²) in [5, 5.41) is 14.3. The highest BCUT2D eigenvalue weighted by molar-refractivity contribution is 5.84. The van der Waals surface area contributed by atoms with E-state index in [9.17, 15) is 27.9 Å². The number of aliphatic hydroxyl groups is 1. The van der Waals surface area contributed by atoms with Crippen molar-refractivity contribution in [2.75, 3.05) is 13.1 Å². The molecule has 10 heteroatoms. The van der Waals surface area contributed by atoms with Crippen molar-refractivity contribution in [2.45, 2.75) is 51.1 Å². The van der Waals surface area contributed by atoms with Gasteiger partial charge in [-0.3, -0.25) is 14.3 Å². The second-order valence-corrected chi connectivity index (χ2v) is 7.65. The number of nitrogens with zero attached hydrogens (tertiary/aromatic N) is 4. The van der Waals surface area contributed by atoms with Gasteiger partial charge in [0.25, 0.3) is 11.5 Å². The molecular weight excluding hydrogens is 389 g/mol. The van der Waals surface area contributed by atoms with E-state index in [0.717, 1.165) is 11.6 Å². The Kier molecular flexibility index (Phi) is 5.57. The van der Waals surface area contributed by atoms with Crippen LogP contribution in [0.1, 0.15) is 37.1 Å². The molecule has 1 amide bonds. The molecule has 2 aromatic rings. The smallest absolute Gasteiger partial charge is 0.378 e. The molecule has 1 fully saturated rings. The van der Waals surface area contributed by atoms with Crippen molar-refractivity contribution < 1.29 is 23.1 Å². The summed E-state index contributed by atoms with van der Waals surface area (Å²) in [6.07, 6.45) is -0.822. The minimum absolute atomic E-state index is 0.182. The first-order valence-corrected chi connectivity index (χ1v) is 9.28. The van der Waals surface area contributed by atoms with Crippen molar-refractivity contribution >= 4 is 5.91 Å². The number of hydrogen-bond donors (Lipinski definition) is 1. The van der Waals surface area contributed by atoms with Gasteiger partial charge in [0.15, 0.2) is 11.3 Å². The topological polar surface area (TPSA) is 80.4 Å². The van der Waals surface area contributed by atoms with Crippen molar-refractivity contribution in [1.29, 1.82) is 0 Å². The maximum atomic E-state index is 12.8. The molecule has 0 aromatic carbocycles. The Labute approximate surface area is 165 Å². The molecule has 29 heavy (non-hydrogen) atoms. The first-order chi connectivity index (χ1) is 13.5. The zero-order valence-corrected chi connectivity index (χ0v) is 16.2. The maximum Gasteiger partial charge on any atom is 0.435 e. The Morgan fingerprint density at radius 2 is 1.90 bits per heavy atom. The predicted molar refractivity (Wildman–Crippen MR) is 98.1 cm³/mol. The molecule has 2 aromatic heterocycles. The average Bonchev–Trinajstić information content (AvgIpc) is 3.14. The zero-order valence-electron chi connectivity index (χ0n) is 16.2. The largest absolute Gasteiger partial charge is 0.435 e. The van der Waals surface area contributed by atoms with Gasteiger partial charge < -0.3 is 14.6 Å². The molecule has 1 atom stereocenters. The van der Waals surface area contributed by atoms with Gasteiger partial charge >= 0.3 is 6.18 Å². The lowest BCUT2D eigenvalue weighted by Crippen LogP contribution is -2.52.